The summed E-state index contributed by atoms with van der Waals surface area (Å²) in [6.45, 7) is 2.83. The maximum absolute atomic E-state index is 12.8. The lowest BCUT2D eigenvalue weighted by molar-refractivity contribution is -0.138. The average molecular weight is 491 g/mol. The monoisotopic (exact) mass is 490 g/mol. The first-order valence-electron chi connectivity index (χ1n) is 11.9. The minimum Gasteiger partial charge on any atom is -0.350 e. The molecule has 1 aromatic heterocycles. The lowest BCUT2D eigenvalue weighted by atomic mass is 10.1. The highest BCUT2D eigenvalue weighted by atomic mass is 32.1. The Hall–Kier alpha value is -3.52. The van der Waals surface area contributed by atoms with Crippen LogP contribution in [0.25, 0.3) is 10.4 Å². The average Bonchev–Trinajstić information content (AvgIpc) is 3.55. The van der Waals surface area contributed by atoms with Gasteiger partial charge < -0.3 is 15.5 Å². The second-order valence-electron chi connectivity index (χ2n) is 8.69. The predicted octanol–water partition coefficient (Wildman–Crippen LogP) is 3.47. The predicted molar refractivity (Wildman–Crippen MR) is 137 cm³/mol. The number of hydrogen-bond acceptors (Lipinski definition) is 5. The number of carbonyl (C=O) groups excluding carboxylic acids is 3. The van der Waals surface area contributed by atoms with Gasteiger partial charge in [0.2, 0.25) is 17.7 Å². The highest BCUT2D eigenvalue weighted by molar-refractivity contribution is 7.13. The van der Waals surface area contributed by atoms with Crippen LogP contribution in [-0.2, 0) is 27.3 Å². The highest BCUT2D eigenvalue weighted by Gasteiger charge is 2.33. The molecule has 8 heteroatoms. The molecule has 0 aliphatic carbocycles. The molecular weight excluding hydrogens is 460 g/mol. The van der Waals surface area contributed by atoms with Gasteiger partial charge in [0.15, 0.2) is 0 Å². The Morgan fingerprint density at radius 2 is 1.80 bits per heavy atom. The Kier molecular flexibility index (Phi) is 8.26. The summed E-state index contributed by atoms with van der Waals surface area (Å²) in [6, 6.07) is 17.3. The summed E-state index contributed by atoms with van der Waals surface area (Å²) in [5.41, 5.74) is 6.03. The van der Waals surface area contributed by atoms with Crippen molar-refractivity contribution in [3.8, 4) is 10.4 Å². The van der Waals surface area contributed by atoms with Crippen molar-refractivity contribution in [1.82, 2.24) is 20.5 Å². The minimum absolute atomic E-state index is 0.0874. The molecule has 1 aliphatic heterocycles. The molecule has 2 N–H and O–H groups in total. The molecule has 1 saturated heterocycles. The van der Waals surface area contributed by atoms with E-state index >= 15 is 0 Å². The van der Waals surface area contributed by atoms with Crippen molar-refractivity contribution in [2.24, 2.45) is 0 Å². The van der Waals surface area contributed by atoms with Crippen LogP contribution in [0.2, 0.25) is 0 Å². The van der Waals surface area contributed by atoms with E-state index in [0.29, 0.717) is 32.4 Å². The van der Waals surface area contributed by atoms with Gasteiger partial charge in [-0.15, -0.1) is 11.3 Å². The molecule has 7 nitrogen and oxygen atoms in total. The number of nitrogens with zero attached hydrogens (tertiary/aromatic N) is 2. The second kappa shape index (κ2) is 11.8. The second-order valence-corrected chi connectivity index (χ2v) is 9.54. The van der Waals surface area contributed by atoms with Gasteiger partial charge in [-0.05, 0) is 42.9 Å². The molecular formula is C27H30N4O3S. The normalized spacial score (nSPS) is 15.1. The van der Waals surface area contributed by atoms with Crippen molar-refractivity contribution < 1.29 is 14.4 Å². The molecule has 2 heterocycles. The molecule has 1 fully saturated rings. The van der Waals surface area contributed by atoms with Crippen LogP contribution >= 0.6 is 11.3 Å². The topological polar surface area (TPSA) is 91.4 Å². The number of aromatic nitrogens is 1. The van der Waals surface area contributed by atoms with Crippen molar-refractivity contribution in [2.75, 3.05) is 13.1 Å². The number of thiazole rings is 1. The maximum Gasteiger partial charge on any atom is 0.243 e. The summed E-state index contributed by atoms with van der Waals surface area (Å²) in [6.07, 6.45) is 2.35. The van der Waals surface area contributed by atoms with E-state index in [2.05, 4.69) is 15.6 Å². The lowest BCUT2D eigenvalue weighted by Crippen LogP contribution is -2.48. The van der Waals surface area contributed by atoms with Crippen LogP contribution in [0.1, 0.15) is 36.1 Å². The summed E-state index contributed by atoms with van der Waals surface area (Å²) in [5.74, 6) is -0.548. The maximum atomic E-state index is 12.8. The highest BCUT2D eigenvalue weighted by Crippen LogP contribution is 2.27. The molecule has 0 radical (unpaired) electrons. The third-order valence-electron chi connectivity index (χ3n) is 6.22. The van der Waals surface area contributed by atoms with Crippen LogP contribution in [0.4, 0.5) is 0 Å². The lowest BCUT2D eigenvalue weighted by Gasteiger charge is -2.24. The van der Waals surface area contributed by atoms with Crippen LogP contribution < -0.4 is 10.6 Å². The van der Waals surface area contributed by atoms with Crippen molar-refractivity contribution in [1.29, 1.82) is 0 Å². The van der Waals surface area contributed by atoms with Gasteiger partial charge in [0, 0.05) is 19.5 Å². The molecule has 1 atom stereocenters. The number of carbonyl (C=O) groups is 3. The standard InChI is InChI=1S/C27H30N4O3S/c1-19-26(35-18-30-19)22-12-9-21(10-13-22)16-29-27(34)23-8-5-15-31(23)25(33)17-28-24(32)14-11-20-6-3-2-4-7-20/h2-4,6-7,9-10,12-13,18,23H,5,8,11,14-17H2,1H3,(H,28,32)(H,29,34)/t23-/m0/s1. The summed E-state index contributed by atoms with van der Waals surface area (Å²) in [5, 5.41) is 5.67. The number of benzene rings is 2. The van der Waals surface area contributed by atoms with E-state index < -0.39 is 6.04 Å². The quantitative estimate of drug-likeness (QED) is 0.481. The third-order valence-corrected chi connectivity index (χ3v) is 7.20. The molecule has 0 unspecified atom stereocenters. The Morgan fingerprint density at radius 1 is 1.03 bits per heavy atom. The van der Waals surface area contributed by atoms with Gasteiger partial charge in [-0.25, -0.2) is 4.98 Å². The molecule has 0 saturated carbocycles. The van der Waals surface area contributed by atoms with E-state index in [0.717, 1.165) is 33.7 Å². The minimum atomic E-state index is -0.497. The van der Waals surface area contributed by atoms with Crippen molar-refractivity contribution in [3.63, 3.8) is 0 Å². The largest absolute Gasteiger partial charge is 0.350 e. The van der Waals surface area contributed by atoms with Crippen molar-refractivity contribution in [2.45, 2.75) is 45.2 Å². The summed E-state index contributed by atoms with van der Waals surface area (Å²) in [7, 11) is 0. The molecule has 3 amide bonds. The van der Waals surface area contributed by atoms with Gasteiger partial charge in [0.05, 0.1) is 22.6 Å². The molecule has 0 bridgehead atoms. The van der Waals surface area contributed by atoms with Crippen LogP contribution in [0.3, 0.4) is 0 Å². The number of hydrogen-bond donors (Lipinski definition) is 2. The summed E-state index contributed by atoms with van der Waals surface area (Å²) in [4.78, 5) is 44.7. The number of rotatable bonds is 9. The van der Waals surface area contributed by atoms with Crippen LogP contribution in [0.15, 0.2) is 60.1 Å². The molecule has 4 rings (SSSR count). The van der Waals surface area contributed by atoms with Crippen LogP contribution in [0.5, 0.6) is 0 Å². The Labute approximate surface area is 209 Å². The van der Waals surface area contributed by atoms with E-state index in [1.165, 1.54) is 0 Å². The number of amides is 3. The summed E-state index contributed by atoms with van der Waals surface area (Å²) < 4.78 is 0. The molecule has 2 aromatic carbocycles. The van der Waals surface area contributed by atoms with Gasteiger partial charge in [-0.3, -0.25) is 14.4 Å². The van der Waals surface area contributed by atoms with Crippen LogP contribution in [-0.4, -0.2) is 46.7 Å². The molecule has 182 valence electrons. The van der Waals surface area contributed by atoms with Crippen molar-refractivity contribution >= 4 is 29.1 Å². The van der Waals surface area contributed by atoms with E-state index in [9.17, 15) is 14.4 Å². The molecule has 35 heavy (non-hydrogen) atoms. The smallest absolute Gasteiger partial charge is 0.243 e. The number of likely N-dealkylation sites (tertiary alicyclic amines) is 1. The van der Waals surface area contributed by atoms with Gasteiger partial charge in [0.25, 0.3) is 0 Å². The third kappa shape index (κ3) is 6.54. The van der Waals surface area contributed by atoms with Gasteiger partial charge in [0.1, 0.15) is 6.04 Å². The van der Waals surface area contributed by atoms with E-state index in [-0.39, 0.29) is 24.3 Å². The van der Waals surface area contributed by atoms with Crippen molar-refractivity contribution in [3.05, 3.63) is 76.9 Å². The van der Waals surface area contributed by atoms with Gasteiger partial charge in [-0.2, -0.15) is 0 Å². The van der Waals surface area contributed by atoms with E-state index in [1.807, 2.05) is 67.0 Å². The number of nitrogens with one attached hydrogen (secondary N) is 2. The fourth-order valence-electron chi connectivity index (χ4n) is 4.26. The van der Waals surface area contributed by atoms with Crippen LogP contribution in [0, 0.1) is 6.92 Å². The fraction of sp³-hybridized carbons (Fsp3) is 0.333. The Morgan fingerprint density at radius 3 is 2.51 bits per heavy atom. The van der Waals surface area contributed by atoms with Gasteiger partial charge >= 0.3 is 0 Å². The Balaban J connectivity index is 1.23. The van der Waals surface area contributed by atoms with E-state index in [4.69, 9.17) is 0 Å². The number of aryl methyl sites for hydroxylation is 2. The Bertz CT molecular complexity index is 1160. The molecule has 1 aliphatic rings. The molecule has 0 spiro atoms. The first-order valence-corrected chi connectivity index (χ1v) is 12.8. The first kappa shape index (κ1) is 24.6. The SMILES string of the molecule is Cc1ncsc1-c1ccc(CNC(=O)[C@@H]2CCCN2C(=O)CNC(=O)CCc2ccccc2)cc1. The van der Waals surface area contributed by atoms with E-state index in [1.54, 1.807) is 16.2 Å². The zero-order chi connectivity index (χ0) is 24.6. The first-order chi connectivity index (χ1) is 17.0. The zero-order valence-electron chi connectivity index (χ0n) is 19.8. The fourth-order valence-corrected chi connectivity index (χ4v) is 5.08. The molecule has 3 aromatic rings. The van der Waals surface area contributed by atoms with Gasteiger partial charge in [-0.1, -0.05) is 54.6 Å². The zero-order valence-corrected chi connectivity index (χ0v) is 20.6. The summed E-state index contributed by atoms with van der Waals surface area (Å²) >= 11 is 1.61.